The maximum absolute atomic E-state index is 13.4. The molecule has 3 N–H and O–H groups in total. The summed E-state index contributed by atoms with van der Waals surface area (Å²) in [6.45, 7) is 5.89. The Kier molecular flexibility index (Phi) is 11.6. The highest BCUT2D eigenvalue weighted by atomic mass is 32.1. The lowest BCUT2D eigenvalue weighted by molar-refractivity contribution is -0.264. The van der Waals surface area contributed by atoms with Gasteiger partial charge in [0, 0.05) is 11.6 Å². The minimum absolute atomic E-state index is 0.150. The molecule has 0 fully saturated rings. The molecule has 0 radical (unpaired) electrons. The van der Waals surface area contributed by atoms with Crippen molar-refractivity contribution in [2.24, 2.45) is 0 Å². The van der Waals surface area contributed by atoms with E-state index in [-0.39, 0.29) is 12.0 Å². The van der Waals surface area contributed by atoms with E-state index in [0.717, 1.165) is 41.7 Å². The number of thiophene rings is 1. The highest BCUT2D eigenvalue weighted by Crippen LogP contribution is 2.34. The molecule has 8 heteroatoms. The lowest BCUT2D eigenvalue weighted by atomic mass is 10.0. The van der Waals surface area contributed by atoms with Crippen molar-refractivity contribution in [3.05, 3.63) is 76.5 Å². The van der Waals surface area contributed by atoms with Gasteiger partial charge in [0.25, 0.3) is 18.3 Å². The largest absolute Gasteiger partial charge is 0.493 e. The average molecular weight is 514 g/mol. The molecule has 3 aromatic rings. The first-order valence-corrected chi connectivity index (χ1v) is 12.9. The van der Waals surface area contributed by atoms with Gasteiger partial charge in [-0.05, 0) is 72.5 Å². The molecule has 194 valence electrons. The van der Waals surface area contributed by atoms with Crippen LogP contribution in [0, 0.1) is 0 Å². The standard InChI is InChI=1S/C27H33NO4S.CH2O2/c1-4-5-6-9-17-32-25-11-8-7-10-24(25)27(30,31)28(20(2)3)26(29)22-14-12-21(13-15-22)23-16-18-33-19-23;2-1-3/h7-8,10-16,18-20,30-31H,4-6,9,17H2,1-3H3;1H,(H,2,3). The summed E-state index contributed by atoms with van der Waals surface area (Å²) in [5.41, 5.74) is 2.62. The minimum atomic E-state index is -2.53. The fourth-order valence-corrected chi connectivity index (χ4v) is 4.48. The van der Waals surface area contributed by atoms with Crippen molar-refractivity contribution in [3.63, 3.8) is 0 Å². The van der Waals surface area contributed by atoms with Gasteiger partial charge >= 0.3 is 0 Å². The Morgan fingerprint density at radius 1 is 1.03 bits per heavy atom. The molecule has 0 aliphatic rings. The SMILES string of the molecule is CCCCCCOc1ccccc1C(O)(O)N(C(=O)c1ccc(-c2ccsc2)cc1)C(C)C.O=CO. The van der Waals surface area contributed by atoms with Gasteiger partial charge in [-0.1, -0.05) is 50.5 Å². The molecule has 7 nitrogen and oxygen atoms in total. The molecule has 1 heterocycles. The molecule has 0 aliphatic heterocycles. The highest BCUT2D eigenvalue weighted by molar-refractivity contribution is 7.08. The van der Waals surface area contributed by atoms with E-state index in [1.807, 2.05) is 29.0 Å². The van der Waals surface area contributed by atoms with Gasteiger partial charge in [0.15, 0.2) is 0 Å². The smallest absolute Gasteiger partial charge is 0.290 e. The second kappa shape index (κ2) is 14.4. The van der Waals surface area contributed by atoms with E-state index in [1.54, 1.807) is 61.6 Å². The van der Waals surface area contributed by atoms with Gasteiger partial charge in [0.2, 0.25) is 0 Å². The monoisotopic (exact) mass is 513 g/mol. The number of unbranched alkanes of at least 4 members (excludes halogenated alkanes) is 3. The van der Waals surface area contributed by atoms with Crippen LogP contribution in [-0.2, 0) is 10.7 Å². The fraction of sp³-hybridized carbons (Fsp3) is 0.357. The van der Waals surface area contributed by atoms with Crippen molar-refractivity contribution >= 4 is 23.7 Å². The van der Waals surface area contributed by atoms with Gasteiger partial charge in [0.1, 0.15) is 5.75 Å². The molecule has 0 saturated carbocycles. The molecule has 36 heavy (non-hydrogen) atoms. The second-order valence-corrected chi connectivity index (χ2v) is 9.28. The first kappa shape index (κ1) is 29.0. The van der Waals surface area contributed by atoms with E-state index in [9.17, 15) is 15.0 Å². The lowest BCUT2D eigenvalue weighted by Gasteiger charge is -2.39. The zero-order valence-electron chi connectivity index (χ0n) is 21.0. The zero-order valence-corrected chi connectivity index (χ0v) is 21.8. The van der Waals surface area contributed by atoms with Crippen LogP contribution in [0.25, 0.3) is 11.1 Å². The van der Waals surface area contributed by atoms with Crippen molar-refractivity contribution < 1.29 is 29.6 Å². The van der Waals surface area contributed by atoms with Crippen LogP contribution in [0.15, 0.2) is 65.4 Å². The van der Waals surface area contributed by atoms with Crippen LogP contribution in [0.5, 0.6) is 5.75 Å². The van der Waals surface area contributed by atoms with E-state index >= 15 is 0 Å². The van der Waals surface area contributed by atoms with Crippen molar-refractivity contribution in [3.8, 4) is 16.9 Å². The average Bonchev–Trinajstić information content (AvgIpc) is 3.39. The molecule has 2 aromatic carbocycles. The molecule has 0 saturated heterocycles. The van der Waals surface area contributed by atoms with E-state index in [2.05, 4.69) is 6.92 Å². The maximum Gasteiger partial charge on any atom is 0.290 e. The predicted octanol–water partition coefficient (Wildman–Crippen LogP) is 5.72. The summed E-state index contributed by atoms with van der Waals surface area (Å²) in [6.07, 6.45) is 4.21. The van der Waals surface area contributed by atoms with Crippen LogP contribution in [0.4, 0.5) is 0 Å². The van der Waals surface area contributed by atoms with Crippen molar-refractivity contribution in [1.82, 2.24) is 4.90 Å². The number of carbonyl (C=O) groups excluding carboxylic acids is 1. The van der Waals surface area contributed by atoms with Crippen LogP contribution in [0.2, 0.25) is 0 Å². The van der Waals surface area contributed by atoms with E-state index in [0.29, 0.717) is 17.9 Å². The van der Waals surface area contributed by atoms with E-state index < -0.39 is 17.9 Å². The number of carbonyl (C=O) groups is 2. The van der Waals surface area contributed by atoms with Crippen LogP contribution in [-0.4, -0.2) is 45.2 Å². The lowest BCUT2D eigenvalue weighted by Crippen LogP contribution is -2.53. The first-order chi connectivity index (χ1) is 17.3. The third kappa shape index (κ3) is 7.65. The van der Waals surface area contributed by atoms with Crippen LogP contribution < -0.4 is 4.74 Å². The summed E-state index contributed by atoms with van der Waals surface area (Å²) >= 11 is 1.61. The second-order valence-electron chi connectivity index (χ2n) is 8.50. The van der Waals surface area contributed by atoms with E-state index in [1.165, 1.54) is 0 Å². The summed E-state index contributed by atoms with van der Waals surface area (Å²) < 4.78 is 5.89. The molecule has 1 aromatic heterocycles. The highest BCUT2D eigenvalue weighted by Gasteiger charge is 2.42. The van der Waals surface area contributed by atoms with Gasteiger partial charge in [-0.3, -0.25) is 14.5 Å². The number of carboxylic acid groups (broad SMARTS) is 1. The third-order valence-corrected chi connectivity index (χ3v) is 6.24. The summed E-state index contributed by atoms with van der Waals surface area (Å²) in [6, 6.07) is 15.5. The number of amides is 1. The third-order valence-electron chi connectivity index (χ3n) is 5.56. The number of rotatable bonds is 11. The molecular weight excluding hydrogens is 478 g/mol. The van der Waals surface area contributed by atoms with Crippen LogP contribution in [0.3, 0.4) is 0 Å². The first-order valence-electron chi connectivity index (χ1n) is 12.0. The molecule has 0 unspecified atom stereocenters. The Morgan fingerprint density at radius 2 is 1.69 bits per heavy atom. The van der Waals surface area contributed by atoms with Gasteiger partial charge in [-0.15, -0.1) is 0 Å². The van der Waals surface area contributed by atoms with Crippen LogP contribution in [0.1, 0.15) is 62.4 Å². The molecule has 0 atom stereocenters. The molecule has 3 rings (SSSR count). The number of ether oxygens (including phenoxy) is 1. The van der Waals surface area contributed by atoms with Crippen LogP contribution >= 0.6 is 11.3 Å². The Morgan fingerprint density at radius 3 is 2.28 bits per heavy atom. The topological polar surface area (TPSA) is 107 Å². The van der Waals surface area contributed by atoms with Gasteiger partial charge < -0.3 is 20.1 Å². The summed E-state index contributed by atoms with van der Waals surface area (Å²) in [4.78, 5) is 22.9. The summed E-state index contributed by atoms with van der Waals surface area (Å²) in [5, 5.41) is 33.4. The fourth-order valence-electron chi connectivity index (χ4n) is 3.82. The van der Waals surface area contributed by atoms with E-state index in [4.69, 9.17) is 14.6 Å². The molecule has 0 aliphatic carbocycles. The number of aliphatic hydroxyl groups is 2. The van der Waals surface area contributed by atoms with Gasteiger partial charge in [0.05, 0.1) is 12.2 Å². The number of nitrogens with zero attached hydrogens (tertiary/aromatic N) is 1. The maximum atomic E-state index is 13.4. The summed E-state index contributed by atoms with van der Waals surface area (Å²) in [7, 11) is 0. The molecular formula is C28H35NO6S. The Hall–Kier alpha value is -3.20. The number of hydrogen-bond acceptors (Lipinski definition) is 6. The minimum Gasteiger partial charge on any atom is -0.493 e. The summed E-state index contributed by atoms with van der Waals surface area (Å²) in [5.74, 6) is -2.63. The zero-order chi connectivity index (χ0) is 26.6. The Labute approximate surface area is 216 Å². The number of benzene rings is 2. The Bertz CT molecular complexity index is 1060. The number of hydrogen-bond donors (Lipinski definition) is 3. The quantitative estimate of drug-likeness (QED) is 0.172. The van der Waals surface area contributed by atoms with Crippen molar-refractivity contribution in [2.45, 2.75) is 58.4 Å². The Balaban J connectivity index is 0.00000145. The van der Waals surface area contributed by atoms with Gasteiger partial charge in [-0.25, -0.2) is 0 Å². The van der Waals surface area contributed by atoms with Crippen molar-refractivity contribution in [2.75, 3.05) is 6.61 Å². The number of para-hydroxylation sites is 1. The van der Waals surface area contributed by atoms with Crippen molar-refractivity contribution in [1.29, 1.82) is 0 Å². The predicted molar refractivity (Wildman–Crippen MR) is 142 cm³/mol. The normalized spacial score (nSPS) is 10.9. The van der Waals surface area contributed by atoms with Gasteiger partial charge in [-0.2, -0.15) is 11.3 Å². The molecule has 0 bridgehead atoms. The molecule has 1 amide bonds. The molecule has 0 spiro atoms.